The number of nitrogens with two attached hydrogens (primary N) is 2. The lowest BCUT2D eigenvalue weighted by molar-refractivity contribution is 0.102. The van der Waals surface area contributed by atoms with Crippen molar-refractivity contribution in [2.24, 2.45) is 10.3 Å². The monoisotopic (exact) mass is 363 g/mol. The van der Waals surface area contributed by atoms with E-state index in [0.29, 0.717) is 11.3 Å². The number of carbonyl (C=O) groups is 1. The molecule has 0 aliphatic carbocycles. The zero-order valence-electron chi connectivity index (χ0n) is 10.6. The van der Waals surface area contributed by atoms with E-state index in [9.17, 15) is 21.6 Å². The third-order valence-electron chi connectivity index (χ3n) is 2.32. The number of primary sulfonamides is 2. The van der Waals surface area contributed by atoms with E-state index in [1.165, 1.54) is 24.3 Å². The van der Waals surface area contributed by atoms with Crippen LogP contribution in [0.5, 0.6) is 0 Å². The highest BCUT2D eigenvalue weighted by Crippen LogP contribution is 2.19. The van der Waals surface area contributed by atoms with Crippen LogP contribution in [0.3, 0.4) is 0 Å². The fourth-order valence-corrected chi connectivity index (χ4v) is 3.18. The molecule has 10 nitrogen and oxygen atoms in total. The van der Waals surface area contributed by atoms with Gasteiger partial charge in [-0.1, -0.05) is 11.3 Å². The van der Waals surface area contributed by atoms with E-state index in [1.807, 2.05) is 0 Å². The minimum absolute atomic E-state index is 0.0652. The van der Waals surface area contributed by atoms with Crippen molar-refractivity contribution in [3.8, 4) is 0 Å². The Hall–Kier alpha value is -1.93. The average Bonchev–Trinajstić information content (AvgIpc) is 2.86. The van der Waals surface area contributed by atoms with Gasteiger partial charge in [0.1, 0.15) is 0 Å². The molecule has 0 atom stereocenters. The maximum atomic E-state index is 11.9. The molecular weight excluding hydrogens is 354 g/mol. The Balaban J connectivity index is 2.17. The van der Waals surface area contributed by atoms with Crippen LogP contribution in [0.4, 0.5) is 5.13 Å². The molecule has 1 amide bonds. The SMILES string of the molecule is NS(=O)(=O)c1ccc(C(=O)Nc2nnc(S(N)(=O)=O)s2)cc1. The minimum atomic E-state index is -3.99. The molecule has 2 rings (SSSR count). The highest BCUT2D eigenvalue weighted by Gasteiger charge is 2.17. The number of aromatic nitrogens is 2. The molecule has 0 radical (unpaired) electrons. The van der Waals surface area contributed by atoms with Crippen LogP contribution < -0.4 is 15.6 Å². The van der Waals surface area contributed by atoms with E-state index in [-0.39, 0.29) is 15.6 Å². The number of anilines is 1. The van der Waals surface area contributed by atoms with E-state index < -0.39 is 30.3 Å². The lowest BCUT2D eigenvalue weighted by Gasteiger charge is -2.02. The van der Waals surface area contributed by atoms with Gasteiger partial charge in [0.15, 0.2) is 0 Å². The molecule has 0 spiro atoms. The van der Waals surface area contributed by atoms with Crippen molar-refractivity contribution in [2.75, 3.05) is 5.32 Å². The van der Waals surface area contributed by atoms with Crippen molar-refractivity contribution in [2.45, 2.75) is 9.24 Å². The van der Waals surface area contributed by atoms with E-state index in [4.69, 9.17) is 10.3 Å². The molecule has 1 heterocycles. The Kier molecular flexibility index (Phi) is 4.25. The van der Waals surface area contributed by atoms with Gasteiger partial charge >= 0.3 is 0 Å². The third-order valence-corrected chi connectivity index (χ3v) is 5.39. The van der Waals surface area contributed by atoms with Gasteiger partial charge in [-0.3, -0.25) is 10.1 Å². The molecule has 0 fully saturated rings. The predicted molar refractivity (Wildman–Crippen MR) is 77.1 cm³/mol. The van der Waals surface area contributed by atoms with Gasteiger partial charge in [-0.05, 0) is 24.3 Å². The zero-order chi connectivity index (χ0) is 16.5. The van der Waals surface area contributed by atoms with Gasteiger partial charge in [0, 0.05) is 5.56 Å². The van der Waals surface area contributed by atoms with Crippen LogP contribution in [-0.4, -0.2) is 32.9 Å². The summed E-state index contributed by atoms with van der Waals surface area (Å²) in [5, 5.41) is 18.8. The van der Waals surface area contributed by atoms with E-state index in [0.717, 1.165) is 0 Å². The molecule has 1 aromatic carbocycles. The van der Waals surface area contributed by atoms with Gasteiger partial charge in [-0.2, -0.15) is 0 Å². The highest BCUT2D eigenvalue weighted by molar-refractivity contribution is 7.91. The molecule has 0 unspecified atom stereocenters. The Labute approximate surface area is 129 Å². The number of hydrogen-bond donors (Lipinski definition) is 3. The van der Waals surface area contributed by atoms with Gasteiger partial charge in [0.2, 0.25) is 19.5 Å². The normalized spacial score (nSPS) is 12.1. The van der Waals surface area contributed by atoms with Crippen molar-refractivity contribution in [1.29, 1.82) is 0 Å². The number of benzene rings is 1. The molecule has 0 aliphatic rings. The van der Waals surface area contributed by atoms with Crippen LogP contribution in [-0.2, 0) is 20.0 Å². The second kappa shape index (κ2) is 5.69. The second-order valence-corrected chi connectivity index (χ2v) is 8.22. The first-order valence-electron chi connectivity index (χ1n) is 5.38. The molecule has 13 heteroatoms. The molecule has 5 N–H and O–H groups in total. The molecule has 22 heavy (non-hydrogen) atoms. The van der Waals surface area contributed by atoms with Crippen LogP contribution in [0.15, 0.2) is 33.5 Å². The molecule has 0 saturated heterocycles. The summed E-state index contributed by atoms with van der Waals surface area (Å²) in [6, 6.07) is 4.83. The second-order valence-electron chi connectivity index (χ2n) is 3.94. The summed E-state index contributed by atoms with van der Waals surface area (Å²) in [5.41, 5.74) is 0.125. The molecule has 118 valence electrons. The van der Waals surface area contributed by atoms with Crippen molar-refractivity contribution in [3.63, 3.8) is 0 Å². The highest BCUT2D eigenvalue weighted by atomic mass is 32.2. The first kappa shape index (κ1) is 16.4. The number of carbonyl (C=O) groups excluding carboxylic acids is 1. The summed E-state index contributed by atoms with van der Waals surface area (Å²) in [6.45, 7) is 0. The standard InChI is InChI=1S/C9H9N5O5S3/c10-21(16,17)6-3-1-5(2-4-6)7(15)12-8-13-14-9(20-8)22(11,18)19/h1-4H,(H2,10,16,17)(H2,11,18,19)(H,12,13,15). The third kappa shape index (κ3) is 3.83. The van der Waals surface area contributed by atoms with Gasteiger partial charge in [-0.25, -0.2) is 27.1 Å². The predicted octanol–water partition coefficient (Wildman–Crippen LogP) is -0.915. The number of amides is 1. The van der Waals surface area contributed by atoms with Crippen LogP contribution in [0.2, 0.25) is 0 Å². The van der Waals surface area contributed by atoms with E-state index in [2.05, 4.69) is 15.5 Å². The summed E-state index contributed by atoms with van der Waals surface area (Å²) in [7, 11) is -7.84. The Morgan fingerprint density at radius 3 is 2.05 bits per heavy atom. The molecule has 1 aromatic heterocycles. The Morgan fingerprint density at radius 2 is 1.59 bits per heavy atom. The Morgan fingerprint density at radius 1 is 1.00 bits per heavy atom. The van der Waals surface area contributed by atoms with E-state index >= 15 is 0 Å². The number of rotatable bonds is 4. The fraction of sp³-hybridized carbons (Fsp3) is 0. The summed E-state index contributed by atoms with van der Waals surface area (Å²) >= 11 is 0.587. The van der Waals surface area contributed by atoms with Gasteiger partial charge in [-0.15, -0.1) is 10.2 Å². The molecule has 0 bridgehead atoms. The van der Waals surface area contributed by atoms with Crippen molar-refractivity contribution in [1.82, 2.24) is 10.2 Å². The molecule has 0 saturated carbocycles. The van der Waals surface area contributed by atoms with E-state index in [1.54, 1.807) is 0 Å². The zero-order valence-corrected chi connectivity index (χ0v) is 13.1. The number of hydrogen-bond acceptors (Lipinski definition) is 8. The van der Waals surface area contributed by atoms with Crippen LogP contribution in [0.1, 0.15) is 10.4 Å². The van der Waals surface area contributed by atoms with Crippen molar-refractivity contribution >= 4 is 42.4 Å². The fourth-order valence-electron chi connectivity index (χ4n) is 1.34. The smallest absolute Gasteiger partial charge is 0.267 e. The summed E-state index contributed by atoms with van der Waals surface area (Å²) in [5.74, 6) is -0.627. The topological polar surface area (TPSA) is 175 Å². The first-order chi connectivity index (χ1) is 10.1. The quantitative estimate of drug-likeness (QED) is 0.589. The molecular formula is C9H9N5O5S3. The lowest BCUT2D eigenvalue weighted by Crippen LogP contribution is -2.14. The van der Waals surface area contributed by atoms with Gasteiger partial charge in [0.25, 0.3) is 15.9 Å². The van der Waals surface area contributed by atoms with Gasteiger partial charge in [0.05, 0.1) is 4.90 Å². The number of nitrogens with zero attached hydrogens (tertiary/aromatic N) is 2. The lowest BCUT2D eigenvalue weighted by atomic mass is 10.2. The van der Waals surface area contributed by atoms with Gasteiger partial charge < -0.3 is 0 Å². The van der Waals surface area contributed by atoms with Crippen LogP contribution in [0.25, 0.3) is 0 Å². The first-order valence-corrected chi connectivity index (χ1v) is 9.29. The largest absolute Gasteiger partial charge is 0.296 e. The number of nitrogens with one attached hydrogen (secondary N) is 1. The maximum Gasteiger partial charge on any atom is 0.267 e. The molecule has 2 aromatic rings. The Bertz CT molecular complexity index is 917. The van der Waals surface area contributed by atoms with Crippen molar-refractivity contribution in [3.05, 3.63) is 29.8 Å². The molecule has 0 aliphatic heterocycles. The summed E-state index contributed by atoms with van der Waals surface area (Å²) in [6.07, 6.45) is 0. The summed E-state index contributed by atoms with van der Waals surface area (Å²) < 4.78 is 43.8. The minimum Gasteiger partial charge on any atom is -0.296 e. The van der Waals surface area contributed by atoms with Crippen LogP contribution in [0, 0.1) is 0 Å². The number of sulfonamides is 2. The maximum absolute atomic E-state index is 11.9. The average molecular weight is 363 g/mol. The van der Waals surface area contributed by atoms with Crippen LogP contribution >= 0.6 is 11.3 Å². The van der Waals surface area contributed by atoms with Crippen molar-refractivity contribution < 1.29 is 21.6 Å². The summed E-state index contributed by atoms with van der Waals surface area (Å²) in [4.78, 5) is 11.8.